The first kappa shape index (κ1) is 25.7. The number of hydrogen-bond acceptors (Lipinski definition) is 8. The molecule has 0 spiro atoms. The van der Waals surface area contributed by atoms with E-state index >= 15 is 0 Å². The SMILES string of the molecule is C[C@]1(S(=O)(=O)[C@@]2(C)C=C[C@@](I)([N+](=O)[O-])C(c3ncc[nH]3)=C2)C=C[C@@](I)([N+](=O)[O-])C(c2ncc[nH]2)=C1. The Morgan fingerprint density at radius 1 is 0.800 bits per heavy atom. The van der Waals surface area contributed by atoms with Gasteiger partial charge in [0.05, 0.1) is 11.1 Å². The Labute approximate surface area is 226 Å². The summed E-state index contributed by atoms with van der Waals surface area (Å²) in [5.41, 5.74) is 0.155. The van der Waals surface area contributed by atoms with E-state index in [9.17, 15) is 28.6 Å². The third kappa shape index (κ3) is 3.78. The molecule has 0 saturated heterocycles. The molecule has 0 unspecified atom stereocenters. The lowest BCUT2D eigenvalue weighted by Gasteiger charge is -2.38. The van der Waals surface area contributed by atoms with E-state index < -0.39 is 36.3 Å². The van der Waals surface area contributed by atoms with Gasteiger partial charge in [0.15, 0.2) is 9.84 Å². The van der Waals surface area contributed by atoms with E-state index in [2.05, 4.69) is 19.9 Å². The van der Waals surface area contributed by atoms with Gasteiger partial charge in [-0.2, -0.15) is 0 Å². The van der Waals surface area contributed by atoms with Gasteiger partial charge in [-0.15, -0.1) is 0 Å². The fourth-order valence-corrected chi connectivity index (χ4v) is 7.19. The maximum atomic E-state index is 14.2. The molecule has 0 saturated carbocycles. The maximum absolute atomic E-state index is 14.2. The van der Waals surface area contributed by atoms with E-state index in [-0.39, 0.29) is 22.8 Å². The Bertz CT molecular complexity index is 1330. The average Bonchev–Trinajstić information content (AvgIpc) is 3.51. The highest BCUT2D eigenvalue weighted by Gasteiger charge is 2.57. The van der Waals surface area contributed by atoms with Crippen molar-refractivity contribution in [3.8, 4) is 0 Å². The van der Waals surface area contributed by atoms with Crippen molar-refractivity contribution in [1.82, 2.24) is 19.9 Å². The molecule has 0 radical (unpaired) electrons. The number of nitro groups is 2. The topological polar surface area (TPSA) is 178 Å². The standard InChI is InChI=1S/C20H18I2N6O6S/c1-17(3-5-19(21,27(29)30)13(11-17)15-23-7-8-24-15)35(33,34)18(2)4-6-20(22,28(31)32)14(12-18)16-25-9-10-26-16/h3-12H,1-2H3,(H,23,24)(H,25,26)/t17-,18-,19+,20+/m0/s1. The summed E-state index contributed by atoms with van der Waals surface area (Å²) >= 11 is 3.29. The lowest BCUT2D eigenvalue weighted by Crippen LogP contribution is -2.50. The Balaban J connectivity index is 1.91. The number of hydrogen-bond donors (Lipinski definition) is 2. The zero-order valence-corrected chi connectivity index (χ0v) is 23.3. The normalized spacial score (nSPS) is 32.7. The highest BCUT2D eigenvalue weighted by Crippen LogP contribution is 2.49. The number of halogens is 2. The summed E-state index contributed by atoms with van der Waals surface area (Å²) in [6, 6.07) is 0. The van der Waals surface area contributed by atoms with E-state index in [1.54, 1.807) is 45.2 Å². The number of H-pyrrole nitrogens is 2. The minimum absolute atomic E-state index is 0.0776. The average molecular weight is 724 g/mol. The van der Waals surface area contributed by atoms with Gasteiger partial charge in [0.2, 0.25) is 0 Å². The van der Waals surface area contributed by atoms with E-state index in [1.165, 1.54) is 75.1 Å². The molecule has 2 N–H and O–H groups in total. The predicted octanol–water partition coefficient (Wildman–Crippen LogP) is 3.49. The van der Waals surface area contributed by atoms with Crippen LogP contribution >= 0.6 is 45.2 Å². The van der Waals surface area contributed by atoms with Crippen LogP contribution in [0.3, 0.4) is 0 Å². The van der Waals surface area contributed by atoms with Crippen LogP contribution < -0.4 is 0 Å². The minimum atomic E-state index is -4.25. The van der Waals surface area contributed by atoms with E-state index in [1.807, 2.05) is 0 Å². The van der Waals surface area contributed by atoms with Gasteiger partial charge in [0.25, 0.3) is 0 Å². The number of nitrogens with one attached hydrogen (secondary N) is 2. The zero-order valence-electron chi connectivity index (χ0n) is 18.2. The van der Waals surface area contributed by atoms with Crippen LogP contribution in [0.4, 0.5) is 0 Å². The summed E-state index contributed by atoms with van der Waals surface area (Å²) in [6.45, 7) is 2.85. The van der Waals surface area contributed by atoms with Gasteiger partial charge in [-0.05, 0) is 26.0 Å². The second kappa shape index (κ2) is 8.32. The molecule has 2 aromatic heterocycles. The van der Waals surface area contributed by atoms with Gasteiger partial charge in [-0.1, -0.05) is 12.2 Å². The van der Waals surface area contributed by atoms with Crippen LogP contribution in [0.25, 0.3) is 11.1 Å². The zero-order chi connectivity index (χ0) is 25.9. The lowest BCUT2D eigenvalue weighted by molar-refractivity contribution is -0.501. The molecular formula is C20H18I2N6O6S. The largest absolute Gasteiger partial charge is 0.345 e. The third-order valence-electron chi connectivity index (χ3n) is 6.08. The Kier molecular flexibility index (Phi) is 6.11. The third-order valence-corrected chi connectivity index (χ3v) is 11.6. The first-order valence-electron chi connectivity index (χ1n) is 9.98. The number of sulfone groups is 1. The van der Waals surface area contributed by atoms with Crippen molar-refractivity contribution in [1.29, 1.82) is 0 Å². The fraction of sp³-hybridized carbons (Fsp3) is 0.300. The number of imidazole rings is 2. The molecule has 15 heteroatoms. The molecule has 35 heavy (non-hydrogen) atoms. The summed E-state index contributed by atoms with van der Waals surface area (Å²) in [4.78, 5) is 36.7. The molecule has 4 rings (SSSR count). The highest BCUT2D eigenvalue weighted by molar-refractivity contribution is 14.1. The van der Waals surface area contributed by atoms with Crippen molar-refractivity contribution in [3.05, 3.63) is 93.1 Å². The maximum Gasteiger partial charge on any atom is 0.315 e. The van der Waals surface area contributed by atoms with Crippen LogP contribution in [0, 0.1) is 20.2 Å². The van der Waals surface area contributed by atoms with Crippen LogP contribution in [0.2, 0.25) is 0 Å². The van der Waals surface area contributed by atoms with Gasteiger partial charge in [-0.3, -0.25) is 20.2 Å². The Morgan fingerprint density at radius 2 is 1.17 bits per heavy atom. The molecule has 12 nitrogen and oxygen atoms in total. The van der Waals surface area contributed by atoms with E-state index in [0.29, 0.717) is 0 Å². The number of aromatic nitrogens is 4. The van der Waals surface area contributed by atoms with Gasteiger partial charge in [0, 0.05) is 92.0 Å². The van der Waals surface area contributed by atoms with Crippen molar-refractivity contribution >= 4 is 66.2 Å². The van der Waals surface area contributed by atoms with Crippen LogP contribution in [0.15, 0.2) is 61.2 Å². The van der Waals surface area contributed by atoms with Gasteiger partial charge >= 0.3 is 7.09 Å². The fourth-order valence-electron chi connectivity index (χ4n) is 4.02. The highest BCUT2D eigenvalue weighted by atomic mass is 127. The predicted molar refractivity (Wildman–Crippen MR) is 145 cm³/mol. The molecule has 2 aliphatic rings. The summed E-state index contributed by atoms with van der Waals surface area (Å²) in [7, 11) is -4.25. The number of rotatable bonds is 6. The second-order valence-corrected chi connectivity index (χ2v) is 14.4. The summed E-state index contributed by atoms with van der Waals surface area (Å²) in [5.74, 6) is 0.329. The van der Waals surface area contributed by atoms with Crippen LogP contribution in [-0.2, 0) is 9.84 Å². The van der Waals surface area contributed by atoms with Crippen LogP contribution in [-0.4, -0.2) is 54.8 Å². The van der Waals surface area contributed by atoms with Crippen molar-refractivity contribution < 1.29 is 18.3 Å². The van der Waals surface area contributed by atoms with E-state index in [0.717, 1.165) is 0 Å². The van der Waals surface area contributed by atoms with Gasteiger partial charge in [0.1, 0.15) is 21.1 Å². The molecule has 2 aromatic rings. The molecule has 0 aliphatic heterocycles. The van der Waals surface area contributed by atoms with Crippen LogP contribution in [0.5, 0.6) is 0 Å². The molecular weight excluding hydrogens is 706 g/mol. The molecule has 0 bridgehead atoms. The van der Waals surface area contributed by atoms with Gasteiger partial charge < -0.3 is 9.97 Å². The Morgan fingerprint density at radius 3 is 1.46 bits per heavy atom. The molecule has 0 fully saturated rings. The van der Waals surface area contributed by atoms with Crippen molar-refractivity contribution in [3.63, 3.8) is 0 Å². The molecule has 0 amide bonds. The van der Waals surface area contributed by atoms with E-state index in [4.69, 9.17) is 0 Å². The van der Waals surface area contributed by atoms with Gasteiger partial charge in [-0.25, -0.2) is 18.4 Å². The van der Waals surface area contributed by atoms with Crippen molar-refractivity contribution in [2.45, 2.75) is 30.4 Å². The molecule has 4 atom stereocenters. The number of alkyl halides is 2. The molecule has 0 aromatic carbocycles. The summed E-state index contributed by atoms with van der Waals surface area (Å²) < 4.78 is 21.5. The number of nitrogens with zero attached hydrogens (tertiary/aromatic N) is 4. The summed E-state index contributed by atoms with van der Waals surface area (Å²) in [6.07, 6.45) is 13.5. The summed E-state index contributed by atoms with van der Waals surface area (Å²) in [5, 5.41) is 23.9. The second-order valence-electron chi connectivity index (χ2n) is 8.39. The smallest absolute Gasteiger partial charge is 0.315 e. The monoisotopic (exact) mass is 724 g/mol. The Hall–Kier alpha value is -2.41. The van der Waals surface area contributed by atoms with Crippen LogP contribution in [0.1, 0.15) is 25.5 Å². The lowest BCUT2D eigenvalue weighted by atomic mass is 9.92. The van der Waals surface area contributed by atoms with Crippen molar-refractivity contribution in [2.75, 3.05) is 0 Å². The molecule has 2 heterocycles. The molecule has 2 aliphatic carbocycles. The minimum Gasteiger partial charge on any atom is -0.345 e. The van der Waals surface area contributed by atoms with Crippen molar-refractivity contribution in [2.24, 2.45) is 0 Å². The number of aromatic amines is 2. The first-order valence-corrected chi connectivity index (χ1v) is 13.6. The first-order chi connectivity index (χ1) is 16.2. The quantitative estimate of drug-likeness (QED) is 0.114. The molecule has 184 valence electrons.